The molecule has 106 valence electrons. The molecule has 0 bridgehead atoms. The summed E-state index contributed by atoms with van der Waals surface area (Å²) in [5, 5.41) is 0.818. The maximum Gasteiger partial charge on any atom is 0.0590 e. The molecule has 0 aromatic heterocycles. The van der Waals surface area contributed by atoms with Crippen LogP contribution in [0.2, 0.25) is 5.02 Å². The lowest BCUT2D eigenvalue weighted by molar-refractivity contribution is 0.115. The van der Waals surface area contributed by atoms with Gasteiger partial charge in [-0.2, -0.15) is 0 Å². The summed E-state index contributed by atoms with van der Waals surface area (Å²) in [6.07, 6.45) is 2.53. The molecule has 3 nitrogen and oxygen atoms in total. The van der Waals surface area contributed by atoms with Gasteiger partial charge >= 0.3 is 0 Å². The van der Waals surface area contributed by atoms with Gasteiger partial charge < -0.3 is 10.5 Å². The van der Waals surface area contributed by atoms with Crippen molar-refractivity contribution in [2.45, 2.75) is 31.8 Å². The Morgan fingerprint density at radius 3 is 2.74 bits per heavy atom. The maximum absolute atomic E-state index is 6.24. The van der Waals surface area contributed by atoms with Crippen molar-refractivity contribution in [1.29, 1.82) is 0 Å². The second-order valence-corrected chi connectivity index (χ2v) is 5.63. The number of aryl methyl sites for hydroxylation is 1. The van der Waals surface area contributed by atoms with Crippen molar-refractivity contribution in [1.82, 2.24) is 4.90 Å². The second kappa shape index (κ2) is 6.71. The van der Waals surface area contributed by atoms with Gasteiger partial charge in [0.1, 0.15) is 0 Å². The van der Waals surface area contributed by atoms with Crippen LogP contribution in [0.4, 0.5) is 0 Å². The van der Waals surface area contributed by atoms with Gasteiger partial charge in [0.2, 0.25) is 0 Å². The summed E-state index contributed by atoms with van der Waals surface area (Å²) in [4.78, 5) is 2.46. The molecule has 1 saturated carbocycles. The average molecular weight is 283 g/mol. The van der Waals surface area contributed by atoms with Gasteiger partial charge in [-0.25, -0.2) is 0 Å². The largest absolute Gasteiger partial charge is 0.383 e. The van der Waals surface area contributed by atoms with Crippen molar-refractivity contribution >= 4 is 11.6 Å². The standard InChI is InChI=1S/C15H23ClN2O/c1-11-3-4-12(9-14(11)16)15(10-17)18(7-8-19-2)13-5-6-13/h3-4,9,13,15H,5-8,10,17H2,1-2H3. The molecule has 4 heteroatoms. The summed E-state index contributed by atoms with van der Waals surface area (Å²) < 4.78 is 5.22. The molecule has 1 aliphatic carbocycles. The van der Waals surface area contributed by atoms with Crippen molar-refractivity contribution in [3.8, 4) is 0 Å². The highest BCUT2D eigenvalue weighted by molar-refractivity contribution is 6.31. The van der Waals surface area contributed by atoms with Gasteiger partial charge in [-0.3, -0.25) is 4.90 Å². The fourth-order valence-corrected chi connectivity index (χ4v) is 2.66. The zero-order chi connectivity index (χ0) is 13.8. The summed E-state index contributed by atoms with van der Waals surface area (Å²) >= 11 is 6.24. The van der Waals surface area contributed by atoms with E-state index in [-0.39, 0.29) is 6.04 Å². The van der Waals surface area contributed by atoms with Gasteiger partial charge in [0.05, 0.1) is 6.61 Å². The van der Waals surface area contributed by atoms with Crippen molar-refractivity contribution in [2.24, 2.45) is 5.73 Å². The molecule has 0 spiro atoms. The molecular weight excluding hydrogens is 260 g/mol. The minimum absolute atomic E-state index is 0.237. The van der Waals surface area contributed by atoms with Crippen LogP contribution in [0.3, 0.4) is 0 Å². The molecule has 2 N–H and O–H groups in total. The molecule has 0 saturated heterocycles. The Kier molecular flexibility index (Phi) is 5.22. The summed E-state index contributed by atoms with van der Waals surface area (Å²) in [7, 11) is 1.74. The average Bonchev–Trinajstić information content (AvgIpc) is 3.22. The molecular formula is C15H23ClN2O. The molecule has 19 heavy (non-hydrogen) atoms. The van der Waals surface area contributed by atoms with E-state index in [1.807, 2.05) is 6.92 Å². The summed E-state index contributed by atoms with van der Waals surface area (Å²) in [6.45, 7) is 4.30. The van der Waals surface area contributed by atoms with Crippen molar-refractivity contribution in [3.63, 3.8) is 0 Å². The van der Waals surface area contributed by atoms with Crippen LogP contribution in [-0.4, -0.2) is 37.7 Å². The van der Waals surface area contributed by atoms with Gasteiger partial charge in [0, 0.05) is 37.3 Å². The van der Waals surface area contributed by atoms with E-state index in [1.54, 1.807) is 7.11 Å². The normalized spacial score (nSPS) is 16.9. The van der Waals surface area contributed by atoms with E-state index in [2.05, 4.69) is 23.1 Å². The van der Waals surface area contributed by atoms with Gasteiger partial charge in [0.25, 0.3) is 0 Å². The molecule has 0 aliphatic heterocycles. The lowest BCUT2D eigenvalue weighted by Crippen LogP contribution is -2.37. The Hall–Kier alpha value is -0.610. The lowest BCUT2D eigenvalue weighted by Gasteiger charge is -2.31. The van der Waals surface area contributed by atoms with E-state index >= 15 is 0 Å². The highest BCUT2D eigenvalue weighted by Crippen LogP contribution is 2.34. The van der Waals surface area contributed by atoms with Crippen LogP contribution < -0.4 is 5.73 Å². The minimum Gasteiger partial charge on any atom is -0.383 e. The van der Waals surface area contributed by atoms with Crippen molar-refractivity contribution in [2.75, 3.05) is 26.8 Å². The monoisotopic (exact) mass is 282 g/mol. The summed E-state index contributed by atoms with van der Waals surface area (Å²) in [6, 6.07) is 7.16. The van der Waals surface area contributed by atoms with Gasteiger partial charge in [-0.15, -0.1) is 0 Å². The minimum atomic E-state index is 0.237. The predicted molar refractivity (Wildman–Crippen MR) is 79.6 cm³/mol. The Morgan fingerprint density at radius 2 is 2.21 bits per heavy atom. The van der Waals surface area contributed by atoms with Crippen LogP contribution >= 0.6 is 11.6 Å². The summed E-state index contributed by atoms with van der Waals surface area (Å²) in [5.74, 6) is 0. The molecule has 0 radical (unpaired) electrons. The van der Waals surface area contributed by atoms with Crippen LogP contribution in [0, 0.1) is 6.92 Å². The maximum atomic E-state index is 6.24. The van der Waals surface area contributed by atoms with E-state index < -0.39 is 0 Å². The molecule has 0 heterocycles. The first kappa shape index (κ1) is 14.8. The van der Waals surface area contributed by atoms with E-state index in [1.165, 1.54) is 18.4 Å². The van der Waals surface area contributed by atoms with E-state index in [0.29, 0.717) is 12.6 Å². The molecule has 1 aromatic carbocycles. The van der Waals surface area contributed by atoms with Gasteiger partial charge in [-0.1, -0.05) is 23.7 Å². The number of rotatable bonds is 7. The zero-order valence-electron chi connectivity index (χ0n) is 11.7. The number of nitrogens with two attached hydrogens (primary N) is 1. The van der Waals surface area contributed by atoms with Crippen LogP contribution in [-0.2, 0) is 4.74 Å². The van der Waals surface area contributed by atoms with Crippen LogP contribution in [0.5, 0.6) is 0 Å². The molecule has 1 aliphatic rings. The number of hydrogen-bond donors (Lipinski definition) is 1. The molecule has 1 aromatic rings. The Morgan fingerprint density at radius 1 is 1.47 bits per heavy atom. The number of halogens is 1. The van der Waals surface area contributed by atoms with Gasteiger partial charge in [0.15, 0.2) is 0 Å². The van der Waals surface area contributed by atoms with Crippen LogP contribution in [0.1, 0.15) is 30.0 Å². The topological polar surface area (TPSA) is 38.5 Å². The van der Waals surface area contributed by atoms with E-state index in [0.717, 1.165) is 23.7 Å². The third-order valence-electron chi connectivity index (χ3n) is 3.77. The second-order valence-electron chi connectivity index (χ2n) is 5.22. The fraction of sp³-hybridized carbons (Fsp3) is 0.600. The summed E-state index contributed by atoms with van der Waals surface area (Å²) in [5.41, 5.74) is 8.32. The Balaban J connectivity index is 2.17. The zero-order valence-corrected chi connectivity index (χ0v) is 12.5. The highest BCUT2D eigenvalue weighted by Gasteiger charge is 2.33. The van der Waals surface area contributed by atoms with Crippen molar-refractivity contribution < 1.29 is 4.74 Å². The van der Waals surface area contributed by atoms with E-state index in [4.69, 9.17) is 22.1 Å². The number of hydrogen-bond acceptors (Lipinski definition) is 3. The molecule has 2 rings (SSSR count). The Labute approximate surface area is 120 Å². The van der Waals surface area contributed by atoms with E-state index in [9.17, 15) is 0 Å². The third-order valence-corrected chi connectivity index (χ3v) is 4.18. The lowest BCUT2D eigenvalue weighted by atomic mass is 10.0. The molecule has 1 unspecified atom stereocenters. The quantitative estimate of drug-likeness (QED) is 0.836. The SMILES string of the molecule is COCCN(C1CC1)C(CN)c1ccc(C)c(Cl)c1. The predicted octanol–water partition coefficient (Wildman–Crippen LogP) is 2.76. The third kappa shape index (κ3) is 3.69. The number of methoxy groups -OCH3 is 1. The molecule has 1 fully saturated rings. The molecule has 0 amide bonds. The fourth-order valence-electron chi connectivity index (χ4n) is 2.48. The van der Waals surface area contributed by atoms with Crippen molar-refractivity contribution in [3.05, 3.63) is 34.3 Å². The smallest absolute Gasteiger partial charge is 0.0590 e. The van der Waals surface area contributed by atoms with Gasteiger partial charge in [-0.05, 0) is 37.0 Å². The number of nitrogens with zero attached hydrogens (tertiary/aromatic N) is 1. The first-order chi connectivity index (χ1) is 9.17. The first-order valence-electron chi connectivity index (χ1n) is 6.88. The van der Waals surface area contributed by atoms with Crippen LogP contribution in [0.25, 0.3) is 0 Å². The Bertz CT molecular complexity index is 421. The number of benzene rings is 1. The first-order valence-corrected chi connectivity index (χ1v) is 7.26. The number of ether oxygens (including phenoxy) is 1. The molecule has 1 atom stereocenters. The highest BCUT2D eigenvalue weighted by atomic mass is 35.5. The van der Waals surface area contributed by atoms with Crippen LogP contribution in [0.15, 0.2) is 18.2 Å².